The predicted octanol–water partition coefficient (Wildman–Crippen LogP) is 4.32. The molecule has 0 unspecified atom stereocenters. The Morgan fingerprint density at radius 1 is 1.35 bits per heavy atom. The van der Waals surface area contributed by atoms with Crippen LogP contribution in [0, 0.1) is 11.7 Å². The third-order valence-corrected chi connectivity index (χ3v) is 4.88. The average molecular weight is 310 g/mol. The summed E-state index contributed by atoms with van der Waals surface area (Å²) in [6.07, 6.45) is 1.91. The van der Waals surface area contributed by atoms with Gasteiger partial charge in [-0.1, -0.05) is 26.0 Å². The SMILES string of the molecule is CC(C)CNCc1cnc(CSc2ccccc2F)s1. The lowest BCUT2D eigenvalue weighted by Crippen LogP contribution is -2.18. The van der Waals surface area contributed by atoms with E-state index in [0.29, 0.717) is 10.8 Å². The third-order valence-electron chi connectivity index (χ3n) is 2.64. The number of thiazole rings is 1. The first-order valence-corrected chi connectivity index (χ1v) is 8.47. The summed E-state index contributed by atoms with van der Waals surface area (Å²) in [5, 5.41) is 4.44. The third kappa shape index (κ3) is 4.89. The number of hydrogen-bond donors (Lipinski definition) is 1. The van der Waals surface area contributed by atoms with E-state index < -0.39 is 0 Å². The fraction of sp³-hybridized carbons (Fsp3) is 0.400. The maximum atomic E-state index is 13.5. The van der Waals surface area contributed by atoms with Crippen molar-refractivity contribution in [2.45, 2.75) is 31.0 Å². The highest BCUT2D eigenvalue weighted by molar-refractivity contribution is 7.98. The smallest absolute Gasteiger partial charge is 0.136 e. The van der Waals surface area contributed by atoms with Crippen molar-refractivity contribution in [1.29, 1.82) is 0 Å². The van der Waals surface area contributed by atoms with Gasteiger partial charge in [0.15, 0.2) is 0 Å². The number of hydrogen-bond acceptors (Lipinski definition) is 4. The highest BCUT2D eigenvalue weighted by atomic mass is 32.2. The fourth-order valence-electron chi connectivity index (χ4n) is 1.68. The van der Waals surface area contributed by atoms with Crippen LogP contribution >= 0.6 is 23.1 Å². The zero-order chi connectivity index (χ0) is 14.4. The van der Waals surface area contributed by atoms with Crippen molar-refractivity contribution in [2.75, 3.05) is 6.54 Å². The standard InChI is InChI=1S/C15H19FN2S2/c1-11(2)7-17-8-12-9-18-15(20-12)10-19-14-6-4-3-5-13(14)16/h3-6,9,11,17H,7-8,10H2,1-2H3. The van der Waals surface area contributed by atoms with Crippen molar-refractivity contribution in [2.24, 2.45) is 5.92 Å². The van der Waals surface area contributed by atoms with Crippen molar-refractivity contribution in [3.8, 4) is 0 Å². The van der Waals surface area contributed by atoms with E-state index in [4.69, 9.17) is 0 Å². The van der Waals surface area contributed by atoms with Crippen LogP contribution in [-0.2, 0) is 12.3 Å². The van der Waals surface area contributed by atoms with Crippen molar-refractivity contribution in [3.63, 3.8) is 0 Å². The Morgan fingerprint density at radius 2 is 2.15 bits per heavy atom. The van der Waals surface area contributed by atoms with Crippen LogP contribution < -0.4 is 5.32 Å². The molecule has 1 aromatic heterocycles. The van der Waals surface area contributed by atoms with Crippen LogP contribution in [0.25, 0.3) is 0 Å². The van der Waals surface area contributed by atoms with E-state index in [1.807, 2.05) is 12.3 Å². The summed E-state index contributed by atoms with van der Waals surface area (Å²) < 4.78 is 13.5. The zero-order valence-corrected chi connectivity index (χ0v) is 13.4. The van der Waals surface area contributed by atoms with Gasteiger partial charge in [-0.15, -0.1) is 23.1 Å². The maximum absolute atomic E-state index is 13.5. The molecule has 0 atom stereocenters. The lowest BCUT2D eigenvalue weighted by Gasteiger charge is -2.04. The minimum absolute atomic E-state index is 0.159. The summed E-state index contributed by atoms with van der Waals surface area (Å²) in [4.78, 5) is 6.31. The molecule has 2 nitrogen and oxygen atoms in total. The van der Waals surface area contributed by atoms with Crippen LogP contribution in [0.1, 0.15) is 23.7 Å². The van der Waals surface area contributed by atoms with Gasteiger partial charge in [-0.3, -0.25) is 0 Å². The highest BCUT2D eigenvalue weighted by Crippen LogP contribution is 2.27. The number of nitrogens with one attached hydrogen (secondary N) is 1. The molecule has 0 aliphatic carbocycles. The second-order valence-corrected chi connectivity index (χ2v) is 7.18. The number of thioether (sulfide) groups is 1. The van der Waals surface area contributed by atoms with Crippen molar-refractivity contribution in [3.05, 3.63) is 46.2 Å². The van der Waals surface area contributed by atoms with E-state index in [1.54, 1.807) is 23.5 Å². The molecule has 1 N–H and O–H groups in total. The zero-order valence-electron chi connectivity index (χ0n) is 11.7. The van der Waals surface area contributed by atoms with E-state index >= 15 is 0 Å². The molecule has 0 spiro atoms. The Kier molecular flexibility index (Phi) is 6.01. The van der Waals surface area contributed by atoms with Crippen LogP contribution in [0.5, 0.6) is 0 Å². The quantitative estimate of drug-likeness (QED) is 0.771. The minimum atomic E-state index is -0.159. The first kappa shape index (κ1) is 15.5. The normalized spacial score (nSPS) is 11.2. The number of nitrogens with zero attached hydrogens (tertiary/aromatic N) is 1. The van der Waals surface area contributed by atoms with Gasteiger partial charge in [-0.2, -0.15) is 0 Å². The predicted molar refractivity (Wildman–Crippen MR) is 84.6 cm³/mol. The lowest BCUT2D eigenvalue weighted by atomic mass is 10.2. The molecule has 0 saturated carbocycles. The number of aromatic nitrogens is 1. The van der Waals surface area contributed by atoms with Crippen LogP contribution in [0.3, 0.4) is 0 Å². The summed E-state index contributed by atoms with van der Waals surface area (Å²) in [6, 6.07) is 6.86. The molecule has 2 rings (SSSR count). The van der Waals surface area contributed by atoms with Crippen LogP contribution in [0.4, 0.5) is 4.39 Å². The van der Waals surface area contributed by atoms with Crippen molar-refractivity contribution in [1.82, 2.24) is 10.3 Å². The molecule has 0 aliphatic rings. The molecule has 2 aromatic rings. The second kappa shape index (κ2) is 7.76. The van der Waals surface area contributed by atoms with Gasteiger partial charge in [0.1, 0.15) is 10.8 Å². The van der Waals surface area contributed by atoms with Gasteiger partial charge < -0.3 is 5.32 Å². The van der Waals surface area contributed by atoms with E-state index in [0.717, 1.165) is 23.8 Å². The molecule has 0 aliphatic heterocycles. The Bertz CT molecular complexity index is 540. The molecule has 0 fully saturated rings. The summed E-state index contributed by atoms with van der Waals surface area (Å²) in [7, 11) is 0. The minimum Gasteiger partial charge on any atom is -0.312 e. The van der Waals surface area contributed by atoms with Gasteiger partial charge in [0.25, 0.3) is 0 Å². The van der Waals surface area contributed by atoms with Gasteiger partial charge in [0.05, 0.1) is 5.75 Å². The van der Waals surface area contributed by atoms with Gasteiger partial charge in [-0.05, 0) is 24.6 Å². The Hall–Kier alpha value is -0.910. The molecule has 5 heteroatoms. The largest absolute Gasteiger partial charge is 0.312 e. The highest BCUT2D eigenvalue weighted by Gasteiger charge is 2.06. The summed E-state index contributed by atoms with van der Waals surface area (Å²) in [6.45, 7) is 6.25. The molecule has 20 heavy (non-hydrogen) atoms. The fourth-order valence-corrected chi connectivity index (χ4v) is 3.52. The summed E-state index contributed by atoms with van der Waals surface area (Å²) >= 11 is 3.19. The molecular weight excluding hydrogens is 291 g/mol. The van der Waals surface area contributed by atoms with E-state index in [2.05, 4.69) is 24.1 Å². The second-order valence-electron chi connectivity index (χ2n) is 4.96. The molecule has 0 radical (unpaired) electrons. The van der Waals surface area contributed by atoms with Gasteiger partial charge >= 0.3 is 0 Å². The van der Waals surface area contributed by atoms with E-state index in [-0.39, 0.29) is 5.82 Å². The molecule has 0 bridgehead atoms. The van der Waals surface area contributed by atoms with Gasteiger partial charge in [-0.25, -0.2) is 9.37 Å². The molecular formula is C15H19FN2S2. The van der Waals surface area contributed by atoms with Crippen molar-refractivity contribution >= 4 is 23.1 Å². The number of rotatable bonds is 7. The monoisotopic (exact) mass is 310 g/mol. The average Bonchev–Trinajstić information content (AvgIpc) is 2.85. The Morgan fingerprint density at radius 3 is 2.90 bits per heavy atom. The molecule has 108 valence electrons. The molecule has 1 heterocycles. The summed E-state index contributed by atoms with van der Waals surface area (Å²) in [5.74, 6) is 1.21. The first-order chi connectivity index (χ1) is 9.65. The molecule has 1 aromatic carbocycles. The van der Waals surface area contributed by atoms with E-state index in [1.165, 1.54) is 22.7 Å². The van der Waals surface area contributed by atoms with E-state index in [9.17, 15) is 4.39 Å². The first-order valence-electron chi connectivity index (χ1n) is 6.67. The number of benzene rings is 1. The van der Waals surface area contributed by atoms with Crippen LogP contribution in [0.15, 0.2) is 35.4 Å². The lowest BCUT2D eigenvalue weighted by molar-refractivity contribution is 0.554. The van der Waals surface area contributed by atoms with Crippen molar-refractivity contribution < 1.29 is 4.39 Å². The Balaban J connectivity index is 1.82. The topological polar surface area (TPSA) is 24.9 Å². The molecule has 0 saturated heterocycles. The number of halogens is 1. The Labute approximate surface area is 127 Å². The van der Waals surface area contributed by atoms with Crippen LogP contribution in [-0.4, -0.2) is 11.5 Å². The van der Waals surface area contributed by atoms with Gasteiger partial charge in [0.2, 0.25) is 0 Å². The maximum Gasteiger partial charge on any atom is 0.136 e. The molecule has 0 amide bonds. The van der Waals surface area contributed by atoms with Crippen LogP contribution in [0.2, 0.25) is 0 Å². The summed E-state index contributed by atoms with van der Waals surface area (Å²) in [5.41, 5.74) is 0. The van der Waals surface area contributed by atoms with Gasteiger partial charge in [0, 0.05) is 22.5 Å².